The van der Waals surface area contributed by atoms with Crippen molar-refractivity contribution in [3.05, 3.63) is 35.9 Å². The van der Waals surface area contributed by atoms with E-state index in [2.05, 4.69) is 35.9 Å². The fraction of sp³-hybridized carbons (Fsp3) is 0.588. The molecule has 21 heavy (non-hydrogen) atoms. The Morgan fingerprint density at radius 2 is 2.05 bits per heavy atom. The van der Waals surface area contributed by atoms with Crippen LogP contribution >= 0.6 is 0 Å². The molecule has 1 aromatic rings. The number of rotatable bonds is 5. The zero-order valence-corrected chi connectivity index (χ0v) is 13.3. The smallest absolute Gasteiger partial charge is 0.0995 e. The highest BCUT2D eigenvalue weighted by Gasteiger charge is 2.26. The van der Waals surface area contributed by atoms with Gasteiger partial charge in [0.25, 0.3) is 0 Å². The van der Waals surface area contributed by atoms with Gasteiger partial charge in [-0.3, -0.25) is 10.3 Å². The lowest BCUT2D eigenvalue weighted by Gasteiger charge is -2.33. The number of nitrogens with two attached hydrogens (primary N) is 1. The van der Waals surface area contributed by atoms with Crippen LogP contribution in [0.25, 0.3) is 0 Å². The molecule has 2 rings (SSSR count). The zero-order chi connectivity index (χ0) is 15.2. The van der Waals surface area contributed by atoms with Crippen molar-refractivity contribution in [2.75, 3.05) is 33.2 Å². The number of hydrogen-bond donors (Lipinski definition) is 2. The van der Waals surface area contributed by atoms with Gasteiger partial charge in [-0.15, -0.1) is 0 Å². The third kappa shape index (κ3) is 4.29. The van der Waals surface area contributed by atoms with Crippen molar-refractivity contribution in [3.8, 4) is 0 Å². The number of benzene rings is 1. The molecule has 0 saturated carbocycles. The van der Waals surface area contributed by atoms with Crippen molar-refractivity contribution in [3.63, 3.8) is 0 Å². The first kappa shape index (κ1) is 16.0. The first-order valence-corrected chi connectivity index (χ1v) is 7.93. The molecule has 1 aromatic carbocycles. The van der Waals surface area contributed by atoms with Gasteiger partial charge < -0.3 is 10.6 Å². The maximum absolute atomic E-state index is 7.97. The van der Waals surface area contributed by atoms with E-state index in [0.717, 1.165) is 38.2 Å². The van der Waals surface area contributed by atoms with E-state index in [4.69, 9.17) is 11.1 Å². The highest BCUT2D eigenvalue weighted by atomic mass is 15.2. The lowest BCUT2D eigenvalue weighted by atomic mass is 9.96. The molecule has 2 atom stereocenters. The van der Waals surface area contributed by atoms with Gasteiger partial charge in [-0.05, 0) is 38.5 Å². The Morgan fingerprint density at radius 3 is 2.67 bits per heavy atom. The Labute approximate surface area is 128 Å². The van der Waals surface area contributed by atoms with E-state index in [1.54, 1.807) is 0 Å². The molecular formula is C17H28N4. The standard InChI is InChI=1S/C17H28N4/c1-3-15-12-20(2)10-7-11-21(15)13-16(17(18)19)14-8-5-4-6-9-14/h4-6,8-9,15-16H,3,7,10-13H2,1-2H3,(H3,18,19). The number of amidine groups is 1. The van der Waals surface area contributed by atoms with Crippen molar-refractivity contribution >= 4 is 5.84 Å². The summed E-state index contributed by atoms with van der Waals surface area (Å²) in [4.78, 5) is 4.95. The maximum Gasteiger partial charge on any atom is 0.0995 e. The second kappa shape index (κ2) is 7.57. The molecule has 1 heterocycles. The average molecular weight is 288 g/mol. The predicted molar refractivity (Wildman–Crippen MR) is 88.9 cm³/mol. The van der Waals surface area contributed by atoms with Crippen molar-refractivity contribution in [2.45, 2.75) is 31.7 Å². The summed E-state index contributed by atoms with van der Waals surface area (Å²) in [5.74, 6) is 0.275. The molecule has 0 aliphatic carbocycles. The van der Waals surface area contributed by atoms with Crippen LogP contribution in [-0.4, -0.2) is 54.9 Å². The van der Waals surface area contributed by atoms with Crippen LogP contribution in [0, 0.1) is 5.41 Å². The second-order valence-electron chi connectivity index (χ2n) is 6.09. The van der Waals surface area contributed by atoms with Gasteiger partial charge in [-0.1, -0.05) is 37.3 Å². The maximum atomic E-state index is 7.97. The SMILES string of the molecule is CCC1CN(C)CCCN1CC(C(=N)N)c1ccccc1. The Balaban J connectivity index is 2.13. The van der Waals surface area contributed by atoms with E-state index in [-0.39, 0.29) is 11.8 Å². The molecule has 0 bridgehead atoms. The summed E-state index contributed by atoms with van der Waals surface area (Å²) < 4.78 is 0. The molecular weight excluding hydrogens is 260 g/mol. The fourth-order valence-electron chi connectivity index (χ4n) is 3.22. The van der Waals surface area contributed by atoms with Crippen molar-refractivity contribution in [1.82, 2.24) is 9.80 Å². The molecule has 116 valence electrons. The van der Waals surface area contributed by atoms with Crippen LogP contribution in [0.2, 0.25) is 0 Å². The van der Waals surface area contributed by atoms with Crippen LogP contribution in [-0.2, 0) is 0 Å². The van der Waals surface area contributed by atoms with Crippen LogP contribution in [0.1, 0.15) is 31.2 Å². The fourth-order valence-corrected chi connectivity index (χ4v) is 3.22. The monoisotopic (exact) mass is 288 g/mol. The van der Waals surface area contributed by atoms with E-state index >= 15 is 0 Å². The van der Waals surface area contributed by atoms with Gasteiger partial charge in [0.1, 0.15) is 0 Å². The van der Waals surface area contributed by atoms with Gasteiger partial charge in [-0.25, -0.2) is 0 Å². The van der Waals surface area contributed by atoms with E-state index < -0.39 is 0 Å². The van der Waals surface area contributed by atoms with Crippen LogP contribution in [0.15, 0.2) is 30.3 Å². The van der Waals surface area contributed by atoms with E-state index in [0.29, 0.717) is 6.04 Å². The molecule has 2 unspecified atom stereocenters. The number of nitrogens with one attached hydrogen (secondary N) is 1. The Morgan fingerprint density at radius 1 is 1.33 bits per heavy atom. The average Bonchev–Trinajstić information content (AvgIpc) is 2.66. The minimum atomic E-state index is 0.00339. The zero-order valence-electron chi connectivity index (χ0n) is 13.3. The van der Waals surface area contributed by atoms with Crippen LogP contribution in [0.3, 0.4) is 0 Å². The normalized spacial score (nSPS) is 22.7. The molecule has 1 fully saturated rings. The largest absolute Gasteiger partial charge is 0.387 e. The lowest BCUT2D eigenvalue weighted by Crippen LogP contribution is -2.43. The first-order chi connectivity index (χ1) is 10.1. The molecule has 4 nitrogen and oxygen atoms in total. The molecule has 1 aliphatic heterocycles. The second-order valence-corrected chi connectivity index (χ2v) is 6.09. The van der Waals surface area contributed by atoms with Gasteiger partial charge in [0.2, 0.25) is 0 Å². The van der Waals surface area contributed by atoms with Crippen LogP contribution in [0.4, 0.5) is 0 Å². The number of likely N-dealkylation sites (N-methyl/N-ethyl adjacent to an activating group) is 1. The van der Waals surface area contributed by atoms with Gasteiger partial charge in [0, 0.05) is 19.1 Å². The molecule has 0 spiro atoms. The van der Waals surface area contributed by atoms with Gasteiger partial charge in [0.15, 0.2) is 0 Å². The Kier molecular flexibility index (Phi) is 5.76. The summed E-state index contributed by atoms with van der Waals surface area (Å²) in [6, 6.07) is 10.8. The number of nitrogens with zero attached hydrogens (tertiary/aromatic N) is 2. The molecule has 3 N–H and O–H groups in total. The Bertz CT molecular complexity index is 445. The topological polar surface area (TPSA) is 56.4 Å². The predicted octanol–water partition coefficient (Wildman–Crippen LogP) is 2.12. The summed E-state index contributed by atoms with van der Waals surface area (Å²) in [6.07, 6.45) is 2.33. The molecule has 4 heteroatoms. The highest BCUT2D eigenvalue weighted by Crippen LogP contribution is 2.21. The molecule has 0 radical (unpaired) electrons. The molecule has 0 aromatic heterocycles. The number of hydrogen-bond acceptors (Lipinski definition) is 3. The van der Waals surface area contributed by atoms with E-state index in [1.807, 2.05) is 18.2 Å². The molecule has 0 amide bonds. The van der Waals surface area contributed by atoms with Gasteiger partial charge >= 0.3 is 0 Å². The van der Waals surface area contributed by atoms with Crippen molar-refractivity contribution < 1.29 is 0 Å². The lowest BCUT2D eigenvalue weighted by molar-refractivity contribution is 0.181. The third-order valence-corrected chi connectivity index (χ3v) is 4.49. The summed E-state index contributed by atoms with van der Waals surface area (Å²) in [6.45, 7) is 6.46. The van der Waals surface area contributed by atoms with Crippen LogP contribution < -0.4 is 5.73 Å². The summed E-state index contributed by atoms with van der Waals surface area (Å²) in [5.41, 5.74) is 7.04. The van der Waals surface area contributed by atoms with E-state index in [1.165, 1.54) is 6.42 Å². The van der Waals surface area contributed by atoms with Crippen molar-refractivity contribution in [2.24, 2.45) is 5.73 Å². The summed E-state index contributed by atoms with van der Waals surface area (Å²) in [5, 5.41) is 7.97. The molecule has 1 saturated heterocycles. The molecule has 1 aliphatic rings. The minimum absolute atomic E-state index is 0.00339. The Hall–Kier alpha value is -1.39. The van der Waals surface area contributed by atoms with E-state index in [9.17, 15) is 0 Å². The minimum Gasteiger partial charge on any atom is -0.387 e. The quantitative estimate of drug-likeness (QED) is 0.644. The van der Waals surface area contributed by atoms with Gasteiger partial charge in [0.05, 0.1) is 11.8 Å². The highest BCUT2D eigenvalue weighted by molar-refractivity contribution is 5.84. The third-order valence-electron chi connectivity index (χ3n) is 4.49. The van der Waals surface area contributed by atoms with Crippen molar-refractivity contribution in [1.29, 1.82) is 5.41 Å². The first-order valence-electron chi connectivity index (χ1n) is 7.93. The van der Waals surface area contributed by atoms with Crippen LogP contribution in [0.5, 0.6) is 0 Å². The summed E-state index contributed by atoms with van der Waals surface area (Å²) in [7, 11) is 2.20. The summed E-state index contributed by atoms with van der Waals surface area (Å²) >= 11 is 0. The van der Waals surface area contributed by atoms with Gasteiger partial charge in [-0.2, -0.15) is 0 Å².